The molecule has 0 amide bonds. The lowest BCUT2D eigenvalue weighted by Crippen LogP contribution is -2.80. The standard InChI is InChI=1S/C36H44O13/c1-10-17(2)29(40)49-32-33(5,6)22(15-23(39)44-9)35(8)21-11-13-34(7)25(24(21)28(47-19(4)38)36(32,43)31(35)42)26(46-18(3)37)30(41)48-27(34)20-12-14-45-16-20/h10,12,14,16,21-22,26-28,32,43H,11,13,15H2,1-9H3. The molecule has 1 aromatic rings. The van der Waals surface area contributed by atoms with Crippen molar-refractivity contribution in [3.63, 3.8) is 0 Å². The summed E-state index contributed by atoms with van der Waals surface area (Å²) in [5.41, 5.74) is -5.65. The number of fused-ring (bicyclic) bond motifs is 5. The lowest BCUT2D eigenvalue weighted by atomic mass is 9.38. The Morgan fingerprint density at radius 2 is 1.67 bits per heavy atom. The molecule has 2 heterocycles. The molecule has 49 heavy (non-hydrogen) atoms. The fourth-order valence-electron chi connectivity index (χ4n) is 9.21. The zero-order chi connectivity index (χ0) is 36.4. The number of rotatable bonds is 7. The number of esters is 5. The fraction of sp³-hybridized carbons (Fsp3) is 0.611. The number of cyclic esters (lactones) is 1. The molecule has 1 aliphatic heterocycles. The molecule has 9 unspecified atom stereocenters. The van der Waals surface area contributed by atoms with Gasteiger partial charge in [-0.05, 0) is 55.7 Å². The maximum Gasteiger partial charge on any atom is 0.352 e. The van der Waals surface area contributed by atoms with Crippen LogP contribution < -0.4 is 0 Å². The van der Waals surface area contributed by atoms with Crippen LogP contribution in [0.4, 0.5) is 0 Å². The van der Waals surface area contributed by atoms with E-state index in [0.717, 1.165) is 13.8 Å². The minimum atomic E-state index is -2.72. The molecule has 13 heteroatoms. The number of furan rings is 1. The Kier molecular flexibility index (Phi) is 9.01. The van der Waals surface area contributed by atoms with Crippen molar-refractivity contribution < 1.29 is 62.0 Å². The van der Waals surface area contributed by atoms with Gasteiger partial charge in [0.25, 0.3) is 0 Å². The van der Waals surface area contributed by atoms with E-state index >= 15 is 4.79 Å². The molecule has 1 saturated heterocycles. The van der Waals surface area contributed by atoms with Gasteiger partial charge in [-0.15, -0.1) is 0 Å². The van der Waals surface area contributed by atoms with Gasteiger partial charge in [0.2, 0.25) is 11.7 Å². The fourth-order valence-corrected chi connectivity index (χ4v) is 9.21. The Balaban J connectivity index is 1.91. The van der Waals surface area contributed by atoms with Crippen molar-refractivity contribution in [1.29, 1.82) is 0 Å². The maximum atomic E-state index is 15.1. The number of carbonyl (C=O) groups is 6. The molecule has 266 valence electrons. The molecule has 0 spiro atoms. The molecule has 9 atom stereocenters. The Hall–Kier alpha value is -4.26. The van der Waals surface area contributed by atoms with Crippen molar-refractivity contribution in [1.82, 2.24) is 0 Å². The summed E-state index contributed by atoms with van der Waals surface area (Å²) in [5.74, 6) is -6.60. The van der Waals surface area contributed by atoms with Crippen LogP contribution in [0.25, 0.3) is 0 Å². The molecular formula is C36H44O13. The minimum Gasteiger partial charge on any atom is -0.472 e. The van der Waals surface area contributed by atoms with Crippen molar-refractivity contribution in [3.05, 3.63) is 47.0 Å². The van der Waals surface area contributed by atoms with E-state index in [-0.39, 0.29) is 36.0 Å². The highest BCUT2D eigenvalue weighted by molar-refractivity contribution is 6.00. The highest BCUT2D eigenvalue weighted by Crippen LogP contribution is 2.69. The summed E-state index contributed by atoms with van der Waals surface area (Å²) in [6.07, 6.45) is -1.46. The van der Waals surface area contributed by atoms with Crippen LogP contribution >= 0.6 is 0 Å². The van der Waals surface area contributed by atoms with E-state index in [0.29, 0.717) is 5.56 Å². The number of hydrogen-bond donors (Lipinski definition) is 1. The molecule has 1 aromatic heterocycles. The van der Waals surface area contributed by atoms with Gasteiger partial charge >= 0.3 is 29.8 Å². The molecule has 3 fully saturated rings. The van der Waals surface area contributed by atoms with Crippen molar-refractivity contribution >= 4 is 35.6 Å². The van der Waals surface area contributed by atoms with E-state index in [1.165, 1.54) is 32.6 Å². The predicted octanol–water partition coefficient (Wildman–Crippen LogP) is 3.87. The van der Waals surface area contributed by atoms with Crippen LogP contribution in [0, 0.1) is 28.1 Å². The van der Waals surface area contributed by atoms with E-state index < -0.39 is 93.7 Å². The second kappa shape index (κ2) is 12.3. The second-order valence-electron chi connectivity index (χ2n) is 14.6. The number of ether oxygens (including phenoxy) is 5. The summed E-state index contributed by atoms with van der Waals surface area (Å²) in [5, 5.41) is 13.0. The SMILES string of the molecule is CC=C(C)C(=O)OC1C(C)(C)C(CC(=O)OC)C2(C)C(=O)C1(O)C(OC(C)=O)C1=C3C(OC(C)=O)C(=O)OC(c4ccoc4)C3(C)CCC12. The van der Waals surface area contributed by atoms with E-state index in [2.05, 4.69) is 0 Å². The van der Waals surface area contributed by atoms with Gasteiger partial charge < -0.3 is 33.2 Å². The first kappa shape index (κ1) is 36.0. The van der Waals surface area contributed by atoms with Gasteiger partial charge in [0, 0.05) is 47.6 Å². The number of ketones is 1. The van der Waals surface area contributed by atoms with Gasteiger partial charge in [-0.25, -0.2) is 9.59 Å². The van der Waals surface area contributed by atoms with Crippen molar-refractivity contribution in [2.75, 3.05) is 7.11 Å². The van der Waals surface area contributed by atoms with E-state index in [1.54, 1.807) is 40.7 Å². The minimum absolute atomic E-state index is 0.180. The first-order chi connectivity index (χ1) is 22.8. The third-order valence-electron chi connectivity index (χ3n) is 11.5. The van der Waals surface area contributed by atoms with E-state index in [1.807, 2.05) is 0 Å². The summed E-state index contributed by atoms with van der Waals surface area (Å²) in [6.45, 7) is 12.2. The Morgan fingerprint density at radius 1 is 1.02 bits per heavy atom. The third-order valence-corrected chi connectivity index (χ3v) is 11.5. The molecule has 13 nitrogen and oxygen atoms in total. The molecule has 5 rings (SSSR count). The van der Waals surface area contributed by atoms with Gasteiger partial charge in [0.15, 0.2) is 11.9 Å². The van der Waals surface area contributed by atoms with Crippen LogP contribution in [0.3, 0.4) is 0 Å². The van der Waals surface area contributed by atoms with Crippen LogP contribution in [0.2, 0.25) is 0 Å². The normalized spacial score (nSPS) is 36.5. The molecule has 0 aromatic carbocycles. The second-order valence-corrected chi connectivity index (χ2v) is 14.6. The maximum absolute atomic E-state index is 15.1. The number of hydrogen-bond acceptors (Lipinski definition) is 13. The van der Waals surface area contributed by atoms with Gasteiger partial charge in [0.05, 0.1) is 19.6 Å². The Morgan fingerprint density at radius 3 is 2.22 bits per heavy atom. The monoisotopic (exact) mass is 684 g/mol. The summed E-state index contributed by atoms with van der Waals surface area (Å²) in [7, 11) is 1.22. The largest absolute Gasteiger partial charge is 0.472 e. The predicted molar refractivity (Wildman–Crippen MR) is 168 cm³/mol. The van der Waals surface area contributed by atoms with Crippen LogP contribution in [0.1, 0.15) is 86.3 Å². The van der Waals surface area contributed by atoms with Gasteiger partial charge in [0.1, 0.15) is 12.2 Å². The van der Waals surface area contributed by atoms with Crippen LogP contribution in [0.5, 0.6) is 0 Å². The third kappa shape index (κ3) is 5.23. The first-order valence-electron chi connectivity index (χ1n) is 16.3. The van der Waals surface area contributed by atoms with Crippen LogP contribution in [-0.2, 0) is 52.5 Å². The summed E-state index contributed by atoms with van der Waals surface area (Å²) in [6, 6.07) is 1.63. The highest BCUT2D eigenvalue weighted by Gasteiger charge is 2.78. The average molecular weight is 685 g/mol. The first-order valence-corrected chi connectivity index (χ1v) is 16.3. The number of methoxy groups -OCH3 is 1. The van der Waals surface area contributed by atoms with Crippen LogP contribution in [-0.4, -0.2) is 71.8 Å². The molecule has 4 aliphatic rings. The van der Waals surface area contributed by atoms with E-state index in [4.69, 9.17) is 28.1 Å². The molecular weight excluding hydrogens is 640 g/mol. The van der Waals surface area contributed by atoms with Gasteiger partial charge in [-0.2, -0.15) is 0 Å². The summed E-state index contributed by atoms with van der Waals surface area (Å²) >= 11 is 0. The summed E-state index contributed by atoms with van der Waals surface area (Å²) < 4.78 is 33.9. The van der Waals surface area contributed by atoms with Crippen molar-refractivity contribution in [2.24, 2.45) is 28.1 Å². The Labute approximate surface area is 284 Å². The smallest absolute Gasteiger partial charge is 0.352 e. The van der Waals surface area contributed by atoms with Crippen LogP contribution in [0.15, 0.2) is 45.8 Å². The molecule has 3 aliphatic carbocycles. The number of Topliss-reactive ketones (excluding diaryl/α,β-unsaturated/α-hetero) is 1. The van der Waals surface area contributed by atoms with Crippen molar-refractivity contribution in [2.45, 2.75) is 105 Å². The molecule has 0 radical (unpaired) electrons. The summed E-state index contributed by atoms with van der Waals surface area (Å²) in [4.78, 5) is 80.9. The van der Waals surface area contributed by atoms with E-state index in [9.17, 15) is 29.1 Å². The Bertz CT molecular complexity index is 1650. The molecule has 2 saturated carbocycles. The number of allylic oxidation sites excluding steroid dienone is 1. The lowest BCUT2D eigenvalue weighted by Gasteiger charge is -2.67. The number of aliphatic hydroxyl groups is 1. The number of carbonyl (C=O) groups excluding carboxylic acids is 6. The quantitative estimate of drug-likeness (QED) is 0.189. The van der Waals surface area contributed by atoms with Gasteiger partial charge in [-0.3, -0.25) is 19.2 Å². The highest BCUT2D eigenvalue weighted by atomic mass is 16.6. The van der Waals surface area contributed by atoms with Crippen molar-refractivity contribution in [3.8, 4) is 0 Å². The zero-order valence-corrected chi connectivity index (χ0v) is 29.2. The molecule has 1 N–H and O–H groups in total. The lowest BCUT2D eigenvalue weighted by molar-refractivity contribution is -0.257. The zero-order valence-electron chi connectivity index (χ0n) is 29.2. The average Bonchev–Trinajstić information content (AvgIpc) is 3.57. The van der Waals surface area contributed by atoms with Gasteiger partial charge in [-0.1, -0.05) is 33.8 Å². The topological polar surface area (TPSA) is 182 Å². The molecule has 2 bridgehead atoms.